The van der Waals surface area contributed by atoms with Gasteiger partial charge in [-0.1, -0.05) is 83.8 Å². The van der Waals surface area contributed by atoms with Gasteiger partial charge in [0.15, 0.2) is 0 Å². The first kappa shape index (κ1) is 25.3. The lowest BCUT2D eigenvalue weighted by atomic mass is 9.68. The van der Waals surface area contributed by atoms with Crippen LogP contribution in [0, 0.1) is 23.7 Å². The molecule has 0 unspecified atom stereocenters. The maximum Gasteiger partial charge on any atom is 0.311 e. The minimum atomic E-state index is -0.127. The van der Waals surface area contributed by atoms with Gasteiger partial charge in [0.1, 0.15) is 5.75 Å². The van der Waals surface area contributed by atoms with E-state index in [1.165, 1.54) is 95.5 Å². The Bertz CT molecular complexity index is 633. The van der Waals surface area contributed by atoms with Crippen molar-refractivity contribution in [1.29, 1.82) is 0 Å². The predicted molar refractivity (Wildman–Crippen MR) is 135 cm³/mol. The Morgan fingerprint density at radius 1 is 0.750 bits per heavy atom. The Morgan fingerprint density at radius 3 is 1.91 bits per heavy atom. The smallest absolute Gasteiger partial charge is 0.311 e. The van der Waals surface area contributed by atoms with Crippen molar-refractivity contribution in [3.05, 3.63) is 29.8 Å². The topological polar surface area (TPSA) is 26.3 Å². The van der Waals surface area contributed by atoms with Gasteiger partial charge in [-0.15, -0.1) is 0 Å². The van der Waals surface area contributed by atoms with Crippen molar-refractivity contribution in [2.45, 2.75) is 123 Å². The van der Waals surface area contributed by atoms with Gasteiger partial charge in [-0.05, 0) is 86.3 Å². The molecule has 2 nitrogen and oxygen atoms in total. The van der Waals surface area contributed by atoms with Gasteiger partial charge in [0.05, 0.1) is 0 Å². The van der Waals surface area contributed by atoms with Gasteiger partial charge in [0.25, 0.3) is 0 Å². The van der Waals surface area contributed by atoms with Gasteiger partial charge in [0.2, 0.25) is 0 Å². The summed E-state index contributed by atoms with van der Waals surface area (Å²) < 4.78 is 5.37. The summed E-state index contributed by atoms with van der Waals surface area (Å²) in [6.07, 6.45) is 22.9. The number of rotatable bonds is 12. The first-order valence-corrected chi connectivity index (χ1v) is 14.0. The molecule has 0 aliphatic heterocycles. The number of esters is 1. The van der Waals surface area contributed by atoms with Crippen LogP contribution in [-0.4, -0.2) is 5.97 Å². The summed E-state index contributed by atoms with van der Waals surface area (Å²) in [4.78, 5) is 11.6. The second kappa shape index (κ2) is 14.1. The van der Waals surface area contributed by atoms with Crippen LogP contribution in [0.15, 0.2) is 24.3 Å². The third kappa shape index (κ3) is 8.56. The fourth-order valence-electron chi connectivity index (χ4n) is 6.24. The zero-order valence-corrected chi connectivity index (χ0v) is 21.0. The van der Waals surface area contributed by atoms with Crippen molar-refractivity contribution in [2.24, 2.45) is 23.7 Å². The third-order valence-electron chi connectivity index (χ3n) is 8.37. The number of carbonyl (C=O) groups is 1. The summed E-state index contributed by atoms with van der Waals surface area (Å²) in [5, 5.41) is 0. The van der Waals surface area contributed by atoms with Crippen LogP contribution in [0.4, 0.5) is 0 Å². The monoisotopic (exact) mass is 440 g/mol. The highest BCUT2D eigenvalue weighted by molar-refractivity contribution is 5.72. The molecule has 2 saturated carbocycles. The fraction of sp³-hybridized carbons (Fsp3) is 0.767. The van der Waals surface area contributed by atoms with E-state index in [4.69, 9.17) is 4.74 Å². The molecule has 2 heteroatoms. The van der Waals surface area contributed by atoms with Crippen molar-refractivity contribution < 1.29 is 9.53 Å². The normalized spacial score (nSPS) is 26.1. The van der Waals surface area contributed by atoms with Crippen LogP contribution < -0.4 is 4.74 Å². The van der Waals surface area contributed by atoms with Crippen LogP contribution in [0.25, 0.3) is 0 Å². The standard InChI is InChI=1S/C30H48O2/c1-3-5-6-7-9-24-12-18-27(19-13-24)28-20-14-25(15-21-28)10-11-26-16-22-29(23-17-26)32-30(31)8-4-2/h16-17,22-25,27-28H,3-15,18-21H2,1-2H3. The molecule has 2 fully saturated rings. The number of hydrogen-bond acceptors (Lipinski definition) is 2. The van der Waals surface area contributed by atoms with Crippen molar-refractivity contribution >= 4 is 5.97 Å². The Kier molecular flexibility index (Phi) is 11.1. The number of benzene rings is 1. The highest BCUT2D eigenvalue weighted by atomic mass is 16.5. The first-order chi connectivity index (χ1) is 15.7. The summed E-state index contributed by atoms with van der Waals surface area (Å²) in [6, 6.07) is 8.20. The van der Waals surface area contributed by atoms with Crippen molar-refractivity contribution in [1.82, 2.24) is 0 Å². The van der Waals surface area contributed by atoms with E-state index < -0.39 is 0 Å². The van der Waals surface area contributed by atoms with E-state index >= 15 is 0 Å². The number of ether oxygens (including phenoxy) is 1. The van der Waals surface area contributed by atoms with E-state index in [1.54, 1.807) is 0 Å². The summed E-state index contributed by atoms with van der Waals surface area (Å²) in [6.45, 7) is 4.31. The Hall–Kier alpha value is -1.31. The lowest BCUT2D eigenvalue weighted by molar-refractivity contribution is -0.134. The Labute approximate surface area is 197 Å². The van der Waals surface area contributed by atoms with Gasteiger partial charge < -0.3 is 4.74 Å². The summed E-state index contributed by atoms with van der Waals surface area (Å²) in [5.74, 6) is 4.56. The highest BCUT2D eigenvalue weighted by Gasteiger charge is 2.30. The first-order valence-electron chi connectivity index (χ1n) is 14.0. The van der Waals surface area contributed by atoms with Crippen LogP contribution >= 0.6 is 0 Å². The second-order valence-corrected chi connectivity index (χ2v) is 10.8. The summed E-state index contributed by atoms with van der Waals surface area (Å²) in [5.41, 5.74) is 1.37. The Balaban J connectivity index is 1.30. The zero-order valence-electron chi connectivity index (χ0n) is 21.0. The van der Waals surface area contributed by atoms with Gasteiger partial charge in [-0.25, -0.2) is 0 Å². The van der Waals surface area contributed by atoms with E-state index in [0.717, 1.165) is 36.5 Å². The predicted octanol–water partition coefficient (Wildman–Crippen LogP) is 8.91. The van der Waals surface area contributed by atoms with Crippen molar-refractivity contribution in [2.75, 3.05) is 0 Å². The highest BCUT2D eigenvalue weighted by Crippen LogP contribution is 2.43. The molecule has 0 aromatic heterocycles. The summed E-state index contributed by atoms with van der Waals surface area (Å²) in [7, 11) is 0. The number of hydrogen-bond donors (Lipinski definition) is 0. The number of aryl methyl sites for hydroxylation is 1. The van der Waals surface area contributed by atoms with E-state index in [2.05, 4.69) is 19.1 Å². The molecule has 0 N–H and O–H groups in total. The van der Waals surface area contributed by atoms with E-state index in [9.17, 15) is 4.79 Å². The number of unbranched alkanes of at least 4 members (excludes halogenated alkanes) is 3. The van der Waals surface area contributed by atoms with Gasteiger partial charge in [-0.2, -0.15) is 0 Å². The van der Waals surface area contributed by atoms with Crippen LogP contribution in [0.1, 0.15) is 122 Å². The van der Waals surface area contributed by atoms with E-state index in [0.29, 0.717) is 12.2 Å². The lowest BCUT2D eigenvalue weighted by Crippen LogP contribution is -2.26. The molecule has 0 spiro atoms. The number of carbonyl (C=O) groups excluding carboxylic acids is 1. The fourth-order valence-corrected chi connectivity index (χ4v) is 6.24. The molecule has 180 valence electrons. The molecule has 32 heavy (non-hydrogen) atoms. The minimum absolute atomic E-state index is 0.127. The molecule has 0 radical (unpaired) electrons. The SMILES string of the molecule is CCCCCCC1CCC(C2CCC(CCc3ccc(OC(=O)CCC)cc3)CC2)CC1. The minimum Gasteiger partial charge on any atom is -0.427 e. The average molecular weight is 441 g/mol. The molecule has 2 aliphatic carbocycles. The largest absolute Gasteiger partial charge is 0.427 e. The van der Waals surface area contributed by atoms with E-state index in [-0.39, 0.29) is 5.97 Å². The van der Waals surface area contributed by atoms with E-state index in [1.807, 2.05) is 19.1 Å². The molecule has 0 saturated heterocycles. The maximum atomic E-state index is 11.6. The van der Waals surface area contributed by atoms with Gasteiger partial charge in [-0.3, -0.25) is 4.79 Å². The molecule has 0 amide bonds. The van der Waals surface area contributed by atoms with Crippen molar-refractivity contribution in [3.8, 4) is 5.75 Å². The summed E-state index contributed by atoms with van der Waals surface area (Å²) >= 11 is 0. The molecule has 1 aromatic rings. The molecule has 0 heterocycles. The molecular formula is C30H48O2. The van der Waals surface area contributed by atoms with Gasteiger partial charge >= 0.3 is 5.97 Å². The Morgan fingerprint density at radius 2 is 1.34 bits per heavy atom. The second-order valence-electron chi connectivity index (χ2n) is 10.8. The molecule has 2 aliphatic rings. The van der Waals surface area contributed by atoms with Crippen LogP contribution in [-0.2, 0) is 11.2 Å². The van der Waals surface area contributed by atoms with Gasteiger partial charge in [0, 0.05) is 6.42 Å². The maximum absolute atomic E-state index is 11.6. The zero-order chi connectivity index (χ0) is 22.6. The van der Waals surface area contributed by atoms with Crippen molar-refractivity contribution in [3.63, 3.8) is 0 Å². The van der Waals surface area contributed by atoms with Crippen LogP contribution in [0.2, 0.25) is 0 Å². The molecule has 0 atom stereocenters. The lowest BCUT2D eigenvalue weighted by Gasteiger charge is -2.38. The quantitative estimate of drug-likeness (QED) is 0.184. The average Bonchev–Trinajstić information content (AvgIpc) is 2.82. The third-order valence-corrected chi connectivity index (χ3v) is 8.37. The van der Waals surface area contributed by atoms with Crippen LogP contribution in [0.3, 0.4) is 0 Å². The van der Waals surface area contributed by atoms with Crippen LogP contribution in [0.5, 0.6) is 5.75 Å². The molecular weight excluding hydrogens is 392 g/mol. The molecule has 3 rings (SSSR count). The molecule has 0 bridgehead atoms. The molecule has 1 aromatic carbocycles.